The first kappa shape index (κ1) is 23.2. The van der Waals surface area contributed by atoms with Crippen LogP contribution < -0.4 is 4.90 Å². The van der Waals surface area contributed by atoms with Gasteiger partial charge in [0.05, 0.1) is 16.7 Å². The van der Waals surface area contributed by atoms with Crippen molar-refractivity contribution in [3.63, 3.8) is 0 Å². The Morgan fingerprint density at radius 1 is 0.780 bits per heavy atom. The molecule has 41 heavy (non-hydrogen) atoms. The summed E-state index contributed by atoms with van der Waals surface area (Å²) in [4.78, 5) is 2.56. The van der Waals surface area contributed by atoms with Gasteiger partial charge in [-0.3, -0.25) is 0 Å². The number of fused-ring (bicyclic) bond motifs is 8. The molecule has 0 saturated carbocycles. The molecule has 1 aliphatic heterocycles. The van der Waals surface area contributed by atoms with Crippen LogP contribution in [0.4, 0.5) is 11.4 Å². The van der Waals surface area contributed by atoms with E-state index >= 15 is 0 Å². The molecule has 4 aliphatic rings. The first-order valence-corrected chi connectivity index (χ1v) is 15.0. The standard InChI is InChI=1S/C39H32N2/c1-39(2)33-17-9-6-14-27(33)30-23-32-29-16-8-11-19-36(29)41(38(32)24-34(30)39)26-20-21-37-31(22-26)28-15-7-10-18-35(28)40(37)25-12-4-3-5-13-25/h3-5,7-13,15,17-24,29H,6,14,16H2,1-2H3. The highest BCUT2D eigenvalue weighted by Gasteiger charge is 2.42. The summed E-state index contributed by atoms with van der Waals surface area (Å²) in [5.74, 6) is 0.397. The molecular weight excluding hydrogens is 496 g/mol. The van der Waals surface area contributed by atoms with E-state index in [1.165, 1.54) is 66.8 Å². The number of anilines is 2. The minimum atomic E-state index is 0.0236. The summed E-state index contributed by atoms with van der Waals surface area (Å²) >= 11 is 0. The average molecular weight is 529 g/mol. The Balaban J connectivity index is 1.27. The maximum Gasteiger partial charge on any atom is 0.0542 e. The van der Waals surface area contributed by atoms with Crippen molar-refractivity contribution in [2.45, 2.75) is 44.4 Å². The molecule has 5 aromatic rings. The summed E-state index contributed by atoms with van der Waals surface area (Å²) in [5, 5.41) is 2.59. The second-order valence-corrected chi connectivity index (χ2v) is 12.4. The van der Waals surface area contributed by atoms with E-state index in [2.05, 4.69) is 139 Å². The van der Waals surface area contributed by atoms with Gasteiger partial charge in [-0.1, -0.05) is 74.5 Å². The van der Waals surface area contributed by atoms with Crippen LogP contribution in [-0.2, 0) is 5.41 Å². The van der Waals surface area contributed by atoms with E-state index in [1.54, 1.807) is 5.57 Å². The Morgan fingerprint density at radius 2 is 1.61 bits per heavy atom. The smallest absolute Gasteiger partial charge is 0.0542 e. The lowest BCUT2D eigenvalue weighted by molar-refractivity contribution is 0.651. The molecule has 0 amide bonds. The third kappa shape index (κ3) is 3.08. The second-order valence-electron chi connectivity index (χ2n) is 12.4. The van der Waals surface area contributed by atoms with Crippen molar-refractivity contribution in [2.24, 2.45) is 0 Å². The number of allylic oxidation sites excluding steroid dienone is 8. The van der Waals surface area contributed by atoms with Crippen LogP contribution in [0.1, 0.15) is 55.7 Å². The van der Waals surface area contributed by atoms with Crippen molar-refractivity contribution in [2.75, 3.05) is 4.90 Å². The molecule has 2 heteroatoms. The zero-order chi connectivity index (χ0) is 27.3. The highest BCUT2D eigenvalue weighted by atomic mass is 15.2. The largest absolute Gasteiger partial charge is 0.313 e. The van der Waals surface area contributed by atoms with Crippen molar-refractivity contribution in [1.82, 2.24) is 4.57 Å². The van der Waals surface area contributed by atoms with E-state index in [4.69, 9.17) is 0 Å². The van der Waals surface area contributed by atoms with Crippen LogP contribution >= 0.6 is 0 Å². The van der Waals surface area contributed by atoms with Crippen molar-refractivity contribution < 1.29 is 0 Å². The first-order chi connectivity index (χ1) is 20.1. The maximum atomic E-state index is 2.56. The number of para-hydroxylation sites is 2. The van der Waals surface area contributed by atoms with Gasteiger partial charge in [0.2, 0.25) is 0 Å². The van der Waals surface area contributed by atoms with E-state index in [0.717, 1.165) is 19.3 Å². The SMILES string of the molecule is CC1(C)C2=C(CCC=C2)c2cc3c(cc21)N(c1ccc2c(c1)c1ccccc1n2-c1ccccc1)C1=CC=CCC13. The molecule has 9 rings (SSSR count). The monoisotopic (exact) mass is 528 g/mol. The normalized spacial score (nSPS) is 19.9. The Hall–Kier alpha value is -4.56. The molecule has 0 N–H and O–H groups in total. The van der Waals surface area contributed by atoms with Gasteiger partial charge in [0.15, 0.2) is 0 Å². The van der Waals surface area contributed by atoms with Gasteiger partial charge in [-0.15, -0.1) is 0 Å². The summed E-state index contributed by atoms with van der Waals surface area (Å²) in [6, 6.07) is 31.7. The molecule has 2 heterocycles. The number of hydrogen-bond acceptors (Lipinski definition) is 1. The Labute approximate surface area is 241 Å². The minimum Gasteiger partial charge on any atom is -0.313 e. The van der Waals surface area contributed by atoms with E-state index in [-0.39, 0.29) is 5.41 Å². The zero-order valence-corrected chi connectivity index (χ0v) is 23.6. The molecule has 198 valence electrons. The first-order valence-electron chi connectivity index (χ1n) is 15.0. The molecule has 0 saturated heterocycles. The number of benzene rings is 4. The van der Waals surface area contributed by atoms with Crippen molar-refractivity contribution >= 4 is 38.8 Å². The molecule has 4 aromatic carbocycles. The number of rotatable bonds is 2. The van der Waals surface area contributed by atoms with Gasteiger partial charge >= 0.3 is 0 Å². The van der Waals surface area contributed by atoms with Crippen LogP contribution in [0.15, 0.2) is 127 Å². The Bertz CT molecular complexity index is 2040. The van der Waals surface area contributed by atoms with Gasteiger partial charge in [0.25, 0.3) is 0 Å². The fourth-order valence-corrected chi connectivity index (χ4v) is 8.04. The predicted octanol–water partition coefficient (Wildman–Crippen LogP) is 10.3. The number of nitrogens with zero attached hydrogens (tertiary/aromatic N) is 2. The molecule has 1 atom stereocenters. The van der Waals surface area contributed by atoms with Crippen LogP contribution in [0, 0.1) is 0 Å². The van der Waals surface area contributed by atoms with Crippen LogP contribution in [0.2, 0.25) is 0 Å². The van der Waals surface area contributed by atoms with Crippen LogP contribution in [0.25, 0.3) is 33.1 Å². The van der Waals surface area contributed by atoms with Crippen LogP contribution in [0.5, 0.6) is 0 Å². The van der Waals surface area contributed by atoms with Gasteiger partial charge in [-0.25, -0.2) is 0 Å². The lowest BCUT2D eigenvalue weighted by atomic mass is 9.79. The molecular formula is C39H32N2. The van der Waals surface area contributed by atoms with Gasteiger partial charge in [-0.2, -0.15) is 0 Å². The van der Waals surface area contributed by atoms with Gasteiger partial charge < -0.3 is 9.47 Å². The second kappa shape index (κ2) is 8.24. The third-order valence-electron chi connectivity index (χ3n) is 9.94. The highest BCUT2D eigenvalue weighted by Crippen LogP contribution is 2.57. The van der Waals surface area contributed by atoms with E-state index < -0.39 is 0 Å². The van der Waals surface area contributed by atoms with E-state index in [9.17, 15) is 0 Å². The van der Waals surface area contributed by atoms with Crippen molar-refractivity contribution in [3.05, 3.63) is 143 Å². The summed E-state index contributed by atoms with van der Waals surface area (Å²) in [7, 11) is 0. The van der Waals surface area contributed by atoms with E-state index in [1.807, 2.05) is 0 Å². The summed E-state index contributed by atoms with van der Waals surface area (Å²) in [6.07, 6.45) is 15.0. The molecule has 0 radical (unpaired) electrons. The minimum absolute atomic E-state index is 0.0236. The van der Waals surface area contributed by atoms with Crippen LogP contribution in [0.3, 0.4) is 0 Å². The van der Waals surface area contributed by atoms with Crippen LogP contribution in [-0.4, -0.2) is 4.57 Å². The number of aromatic nitrogens is 1. The average Bonchev–Trinajstić information content (AvgIpc) is 3.60. The van der Waals surface area contributed by atoms with Gasteiger partial charge in [-0.05, 0) is 102 Å². The topological polar surface area (TPSA) is 8.17 Å². The van der Waals surface area contributed by atoms with Crippen molar-refractivity contribution in [3.8, 4) is 5.69 Å². The molecule has 0 spiro atoms. The summed E-state index contributed by atoms with van der Waals surface area (Å²) in [6.45, 7) is 4.82. The van der Waals surface area contributed by atoms with Gasteiger partial charge in [0, 0.05) is 39.2 Å². The molecule has 3 aliphatic carbocycles. The zero-order valence-electron chi connectivity index (χ0n) is 23.6. The van der Waals surface area contributed by atoms with E-state index in [0.29, 0.717) is 5.92 Å². The Kier molecular flexibility index (Phi) is 4.66. The maximum absolute atomic E-state index is 2.56. The fraction of sp³-hybridized carbons (Fsp3) is 0.179. The van der Waals surface area contributed by atoms with Gasteiger partial charge in [0.1, 0.15) is 0 Å². The fourth-order valence-electron chi connectivity index (χ4n) is 8.04. The Morgan fingerprint density at radius 3 is 2.51 bits per heavy atom. The molecule has 0 fully saturated rings. The quantitative estimate of drug-likeness (QED) is 0.221. The molecule has 1 unspecified atom stereocenters. The third-order valence-corrected chi connectivity index (χ3v) is 9.94. The molecule has 1 aromatic heterocycles. The van der Waals surface area contributed by atoms with Crippen molar-refractivity contribution in [1.29, 1.82) is 0 Å². The molecule has 0 bridgehead atoms. The molecule has 2 nitrogen and oxygen atoms in total. The summed E-state index contributed by atoms with van der Waals surface area (Å²) < 4.78 is 2.40. The highest BCUT2D eigenvalue weighted by molar-refractivity contribution is 6.10. The lowest BCUT2D eigenvalue weighted by Crippen LogP contribution is -2.18. The lowest BCUT2D eigenvalue weighted by Gasteiger charge is -2.27. The predicted molar refractivity (Wildman–Crippen MR) is 172 cm³/mol. The summed E-state index contributed by atoms with van der Waals surface area (Å²) in [5.41, 5.74) is 15.2. The number of hydrogen-bond donors (Lipinski definition) is 0.